The van der Waals surface area contributed by atoms with Gasteiger partial charge in [0.05, 0.1) is 14.2 Å². The van der Waals surface area contributed by atoms with E-state index in [2.05, 4.69) is 51.4 Å². The van der Waals surface area contributed by atoms with Crippen molar-refractivity contribution in [2.24, 2.45) is 4.99 Å². The number of anilines is 1. The molecule has 182 valence electrons. The first-order chi connectivity index (χ1) is 14.9. The highest BCUT2D eigenvalue weighted by atomic mass is 127. The summed E-state index contributed by atoms with van der Waals surface area (Å²) in [7, 11) is 5.25. The maximum absolute atomic E-state index is 5.43. The van der Waals surface area contributed by atoms with E-state index in [1.54, 1.807) is 14.2 Å². The first kappa shape index (κ1) is 26.8. The second kappa shape index (κ2) is 12.7. The minimum atomic E-state index is 0. The lowest BCUT2D eigenvalue weighted by Crippen LogP contribution is -2.56. The van der Waals surface area contributed by atoms with Crippen LogP contribution in [0, 0.1) is 0 Å². The zero-order chi connectivity index (χ0) is 22.3. The van der Waals surface area contributed by atoms with Crippen molar-refractivity contribution in [3.8, 4) is 11.5 Å². The first-order valence-corrected chi connectivity index (χ1v) is 11.7. The van der Waals surface area contributed by atoms with Crippen LogP contribution >= 0.6 is 24.0 Å². The van der Waals surface area contributed by atoms with E-state index in [1.807, 2.05) is 13.1 Å². The summed E-state index contributed by atoms with van der Waals surface area (Å²) in [4.78, 5) is 9.49. The van der Waals surface area contributed by atoms with E-state index < -0.39 is 0 Å². The number of guanidine groups is 1. The third kappa shape index (κ3) is 7.30. The number of aliphatic imine (C=N–C) groups is 1. The normalized spacial score (nSPS) is 18.7. The summed E-state index contributed by atoms with van der Waals surface area (Å²) in [6.07, 6.45) is 6.12. The summed E-state index contributed by atoms with van der Waals surface area (Å²) >= 11 is 0. The Balaban J connectivity index is 0.00000363. The van der Waals surface area contributed by atoms with Crippen molar-refractivity contribution in [3.63, 3.8) is 0 Å². The molecule has 0 aromatic heterocycles. The van der Waals surface area contributed by atoms with Crippen molar-refractivity contribution in [2.75, 3.05) is 58.9 Å². The highest BCUT2D eigenvalue weighted by Gasteiger charge is 2.28. The van der Waals surface area contributed by atoms with Gasteiger partial charge in [-0.3, -0.25) is 9.89 Å². The maximum Gasteiger partial charge on any atom is 0.191 e. The largest absolute Gasteiger partial charge is 0.497 e. The molecule has 2 saturated heterocycles. The van der Waals surface area contributed by atoms with Gasteiger partial charge in [0.25, 0.3) is 0 Å². The average molecular weight is 560 g/mol. The third-order valence-corrected chi connectivity index (χ3v) is 6.66. The molecule has 2 N–H and O–H groups in total. The molecule has 0 aliphatic carbocycles. The van der Waals surface area contributed by atoms with Gasteiger partial charge in [0, 0.05) is 62.1 Å². The summed E-state index contributed by atoms with van der Waals surface area (Å²) < 4.78 is 10.9. The molecule has 0 saturated carbocycles. The zero-order valence-corrected chi connectivity index (χ0v) is 22.8. The van der Waals surface area contributed by atoms with Gasteiger partial charge in [-0.1, -0.05) is 6.42 Å². The van der Waals surface area contributed by atoms with Gasteiger partial charge in [-0.25, -0.2) is 0 Å². The highest BCUT2D eigenvalue weighted by molar-refractivity contribution is 14.0. The third-order valence-electron chi connectivity index (χ3n) is 6.66. The zero-order valence-electron chi connectivity index (χ0n) is 20.4. The Morgan fingerprint density at radius 1 is 1.00 bits per heavy atom. The molecule has 0 atom stereocenters. The van der Waals surface area contributed by atoms with Gasteiger partial charge in [0.1, 0.15) is 11.5 Å². The Kier molecular flexibility index (Phi) is 10.7. The van der Waals surface area contributed by atoms with E-state index in [0.29, 0.717) is 6.04 Å². The lowest BCUT2D eigenvalue weighted by molar-refractivity contribution is 0.0981. The molecular weight excluding hydrogens is 517 g/mol. The van der Waals surface area contributed by atoms with Crippen LogP contribution in [-0.4, -0.2) is 76.4 Å². The molecule has 0 spiro atoms. The first-order valence-electron chi connectivity index (χ1n) is 11.7. The molecule has 0 amide bonds. The van der Waals surface area contributed by atoms with Crippen LogP contribution in [0.25, 0.3) is 0 Å². The van der Waals surface area contributed by atoms with Gasteiger partial charge in [0.2, 0.25) is 0 Å². The highest BCUT2D eigenvalue weighted by Crippen LogP contribution is 2.30. The van der Waals surface area contributed by atoms with E-state index in [0.717, 1.165) is 55.6 Å². The molecule has 0 unspecified atom stereocenters. The number of likely N-dealkylation sites (tertiary alicyclic amines) is 1. The second-order valence-electron chi connectivity index (χ2n) is 9.26. The molecule has 2 fully saturated rings. The maximum atomic E-state index is 5.43. The molecular formula is C24H42IN5O2. The number of rotatable bonds is 7. The van der Waals surface area contributed by atoms with E-state index in [1.165, 1.54) is 32.4 Å². The molecule has 7 nitrogen and oxygen atoms in total. The number of hydrogen-bond donors (Lipinski definition) is 2. The van der Waals surface area contributed by atoms with Crippen molar-refractivity contribution in [1.29, 1.82) is 0 Å². The van der Waals surface area contributed by atoms with Crippen LogP contribution in [0.4, 0.5) is 5.69 Å². The van der Waals surface area contributed by atoms with Crippen LogP contribution in [0.15, 0.2) is 23.2 Å². The molecule has 3 rings (SSSR count). The number of nitrogens with one attached hydrogen (secondary N) is 2. The van der Waals surface area contributed by atoms with Gasteiger partial charge in [0.15, 0.2) is 5.96 Å². The van der Waals surface area contributed by atoms with Gasteiger partial charge in [-0.15, -0.1) is 24.0 Å². The fourth-order valence-corrected chi connectivity index (χ4v) is 4.56. The number of benzene rings is 1. The Bertz CT molecular complexity index is 707. The fourth-order valence-electron chi connectivity index (χ4n) is 4.56. The number of methoxy groups -OCH3 is 2. The van der Waals surface area contributed by atoms with Crippen LogP contribution in [0.3, 0.4) is 0 Å². The van der Waals surface area contributed by atoms with Gasteiger partial charge >= 0.3 is 0 Å². The van der Waals surface area contributed by atoms with E-state index in [9.17, 15) is 0 Å². The van der Waals surface area contributed by atoms with Crippen molar-refractivity contribution >= 4 is 35.6 Å². The summed E-state index contributed by atoms with van der Waals surface area (Å²) in [6, 6.07) is 6.51. The van der Waals surface area contributed by atoms with E-state index in [4.69, 9.17) is 9.47 Å². The smallest absolute Gasteiger partial charge is 0.191 e. The van der Waals surface area contributed by atoms with Crippen molar-refractivity contribution in [1.82, 2.24) is 15.5 Å². The lowest BCUT2D eigenvalue weighted by Gasteiger charge is -2.41. The van der Waals surface area contributed by atoms with Crippen LogP contribution < -0.4 is 25.0 Å². The summed E-state index contributed by atoms with van der Waals surface area (Å²) in [5.74, 6) is 2.57. The number of piperidine rings is 2. The summed E-state index contributed by atoms with van der Waals surface area (Å²) in [6.45, 7) is 9.95. The molecule has 0 bridgehead atoms. The topological polar surface area (TPSA) is 61.4 Å². The number of hydrogen-bond acceptors (Lipinski definition) is 5. The molecule has 0 radical (unpaired) electrons. The molecule has 32 heavy (non-hydrogen) atoms. The molecule has 1 aromatic carbocycles. The monoisotopic (exact) mass is 559 g/mol. The van der Waals surface area contributed by atoms with Crippen molar-refractivity contribution in [3.05, 3.63) is 18.2 Å². The molecule has 2 aliphatic rings. The minimum Gasteiger partial charge on any atom is -0.497 e. The summed E-state index contributed by atoms with van der Waals surface area (Å²) in [5, 5.41) is 7.22. The van der Waals surface area contributed by atoms with Crippen LogP contribution in [-0.2, 0) is 0 Å². The average Bonchev–Trinajstić information content (AvgIpc) is 2.82. The van der Waals surface area contributed by atoms with Gasteiger partial charge in [-0.2, -0.15) is 0 Å². The molecule has 8 heteroatoms. The Morgan fingerprint density at radius 3 is 2.12 bits per heavy atom. The Labute approximate surface area is 211 Å². The molecule has 2 aliphatic heterocycles. The summed E-state index contributed by atoms with van der Waals surface area (Å²) in [5.41, 5.74) is 1.28. The number of ether oxygens (including phenoxy) is 2. The lowest BCUT2D eigenvalue weighted by atomic mass is 9.98. The van der Waals surface area contributed by atoms with Crippen LogP contribution in [0.2, 0.25) is 0 Å². The molecule has 1 aromatic rings. The quantitative estimate of drug-likeness (QED) is 0.302. The Morgan fingerprint density at radius 2 is 1.59 bits per heavy atom. The minimum absolute atomic E-state index is 0. The SMILES string of the molecule is CN=C(NCC(C)(C)N1CCCCC1)NC1CCN(c2cc(OC)cc(OC)c2)CC1.I. The van der Waals surface area contributed by atoms with Gasteiger partial charge in [-0.05, 0) is 52.6 Å². The van der Waals surface area contributed by atoms with Crippen LogP contribution in [0.1, 0.15) is 46.0 Å². The number of halogens is 1. The predicted molar refractivity (Wildman–Crippen MR) is 144 cm³/mol. The number of nitrogens with zero attached hydrogens (tertiary/aromatic N) is 3. The molecule has 2 heterocycles. The predicted octanol–water partition coefficient (Wildman–Crippen LogP) is 3.72. The van der Waals surface area contributed by atoms with E-state index in [-0.39, 0.29) is 29.5 Å². The van der Waals surface area contributed by atoms with Crippen LogP contribution in [0.5, 0.6) is 11.5 Å². The fraction of sp³-hybridized carbons (Fsp3) is 0.708. The van der Waals surface area contributed by atoms with Gasteiger partial charge < -0.3 is 25.0 Å². The van der Waals surface area contributed by atoms with Crippen molar-refractivity contribution < 1.29 is 9.47 Å². The second-order valence-corrected chi connectivity index (χ2v) is 9.26. The van der Waals surface area contributed by atoms with Crippen molar-refractivity contribution in [2.45, 2.75) is 57.5 Å². The van der Waals surface area contributed by atoms with E-state index >= 15 is 0 Å². The standard InChI is InChI=1S/C24H41N5O2.HI/c1-24(2,29-11-7-6-8-12-29)18-26-23(25-3)27-19-9-13-28(14-10-19)20-15-21(30-4)17-22(16-20)31-5;/h15-17,19H,6-14,18H2,1-5H3,(H2,25,26,27);1H. The Hall–Kier alpha value is -1.42.